The molecule has 0 amide bonds. The van der Waals surface area contributed by atoms with E-state index in [1.54, 1.807) is 0 Å². The van der Waals surface area contributed by atoms with Gasteiger partial charge >= 0.3 is 0 Å². The van der Waals surface area contributed by atoms with Crippen molar-refractivity contribution in [2.75, 3.05) is 13.3 Å². The van der Waals surface area contributed by atoms with Gasteiger partial charge in [-0.05, 0) is 6.42 Å². The number of nitrogens with one attached hydrogen (secondary N) is 1. The molecule has 1 N–H and O–H groups in total. The minimum Gasteiger partial charge on any atom is -0.365 e. The molecule has 0 saturated carbocycles. The van der Waals surface area contributed by atoms with Crippen LogP contribution in [0.1, 0.15) is 64.7 Å². The van der Waals surface area contributed by atoms with Gasteiger partial charge in [-0.1, -0.05) is 58.3 Å². The first kappa shape index (κ1) is 13.0. The first-order valence-corrected chi connectivity index (χ1v) is 6.74. The zero-order valence-corrected chi connectivity index (χ0v) is 10.3. The van der Waals surface area contributed by atoms with Gasteiger partial charge in [0.1, 0.15) is 0 Å². The summed E-state index contributed by atoms with van der Waals surface area (Å²) in [5.41, 5.74) is 0. The smallest absolute Gasteiger partial charge is 0.0968 e. The van der Waals surface area contributed by atoms with Crippen molar-refractivity contribution in [3.05, 3.63) is 0 Å². The first-order valence-electron chi connectivity index (χ1n) is 6.74. The summed E-state index contributed by atoms with van der Waals surface area (Å²) in [5, 5.41) is 3.35. The number of rotatable bonds is 9. The van der Waals surface area contributed by atoms with Gasteiger partial charge in [-0.25, -0.2) is 0 Å². The highest BCUT2D eigenvalue weighted by Gasteiger charge is 2.12. The Balaban J connectivity index is 1.73. The number of hydrogen-bond donors (Lipinski definition) is 1. The topological polar surface area (TPSA) is 21.3 Å². The third-order valence-corrected chi connectivity index (χ3v) is 3.20. The quantitative estimate of drug-likeness (QED) is 0.592. The highest BCUT2D eigenvalue weighted by Crippen LogP contribution is 2.11. The van der Waals surface area contributed by atoms with Crippen LogP contribution in [0.15, 0.2) is 0 Å². The standard InChI is InChI=1S/C13H27NO/c1-2-3-4-5-6-7-8-9-10-13-11-15-12-14-13/h13-14H,2-12H2,1H3. The van der Waals surface area contributed by atoms with Crippen LogP contribution in [0.25, 0.3) is 0 Å². The number of ether oxygens (including phenoxy) is 1. The number of unbranched alkanes of at least 4 members (excludes halogenated alkanes) is 7. The summed E-state index contributed by atoms with van der Waals surface area (Å²) in [4.78, 5) is 0. The van der Waals surface area contributed by atoms with E-state index in [4.69, 9.17) is 4.74 Å². The SMILES string of the molecule is CCCCCCCCCCC1COCN1. The van der Waals surface area contributed by atoms with E-state index in [2.05, 4.69) is 12.2 Å². The Labute approximate surface area is 94.8 Å². The molecular formula is C13H27NO. The summed E-state index contributed by atoms with van der Waals surface area (Å²) < 4.78 is 5.27. The van der Waals surface area contributed by atoms with Gasteiger partial charge in [0.25, 0.3) is 0 Å². The molecule has 0 spiro atoms. The second-order valence-corrected chi connectivity index (χ2v) is 4.68. The van der Waals surface area contributed by atoms with E-state index < -0.39 is 0 Å². The van der Waals surface area contributed by atoms with Crippen molar-refractivity contribution in [3.63, 3.8) is 0 Å². The van der Waals surface area contributed by atoms with Crippen molar-refractivity contribution in [1.82, 2.24) is 5.32 Å². The Hall–Kier alpha value is -0.0800. The van der Waals surface area contributed by atoms with Gasteiger partial charge in [-0.3, -0.25) is 5.32 Å². The highest BCUT2D eigenvalue weighted by atomic mass is 16.5. The van der Waals surface area contributed by atoms with Gasteiger partial charge in [0.05, 0.1) is 13.3 Å². The van der Waals surface area contributed by atoms with E-state index in [1.165, 1.54) is 57.8 Å². The molecule has 2 heteroatoms. The molecule has 0 aromatic carbocycles. The van der Waals surface area contributed by atoms with E-state index in [1.807, 2.05) is 0 Å². The van der Waals surface area contributed by atoms with E-state index >= 15 is 0 Å². The average molecular weight is 213 g/mol. The van der Waals surface area contributed by atoms with Crippen molar-refractivity contribution in [2.24, 2.45) is 0 Å². The van der Waals surface area contributed by atoms with Crippen LogP contribution < -0.4 is 5.32 Å². The zero-order valence-electron chi connectivity index (χ0n) is 10.3. The molecule has 1 unspecified atom stereocenters. The summed E-state index contributed by atoms with van der Waals surface area (Å²) >= 11 is 0. The van der Waals surface area contributed by atoms with Crippen molar-refractivity contribution < 1.29 is 4.74 Å². The predicted octanol–water partition coefficient (Wildman–Crippen LogP) is 3.46. The molecule has 1 rings (SSSR count). The lowest BCUT2D eigenvalue weighted by molar-refractivity contribution is 0.188. The molecule has 0 radical (unpaired) electrons. The van der Waals surface area contributed by atoms with E-state index in [0.29, 0.717) is 6.04 Å². The predicted molar refractivity (Wildman–Crippen MR) is 65.0 cm³/mol. The van der Waals surface area contributed by atoms with Crippen molar-refractivity contribution in [1.29, 1.82) is 0 Å². The molecular weight excluding hydrogens is 186 g/mol. The van der Waals surface area contributed by atoms with Crippen LogP contribution in [0.3, 0.4) is 0 Å². The third-order valence-electron chi connectivity index (χ3n) is 3.20. The summed E-state index contributed by atoms with van der Waals surface area (Å²) in [6, 6.07) is 0.644. The molecule has 0 bridgehead atoms. The maximum Gasteiger partial charge on any atom is 0.0968 e. The molecule has 1 heterocycles. The van der Waals surface area contributed by atoms with Crippen LogP contribution in [0.2, 0.25) is 0 Å². The minimum atomic E-state index is 0.644. The third kappa shape index (κ3) is 6.91. The monoisotopic (exact) mass is 213 g/mol. The normalized spacial score (nSPS) is 21.0. The second-order valence-electron chi connectivity index (χ2n) is 4.68. The van der Waals surface area contributed by atoms with E-state index in [-0.39, 0.29) is 0 Å². The zero-order chi connectivity index (χ0) is 10.8. The van der Waals surface area contributed by atoms with Crippen LogP contribution in [0.4, 0.5) is 0 Å². The van der Waals surface area contributed by atoms with Crippen molar-refractivity contribution >= 4 is 0 Å². The maximum atomic E-state index is 5.27. The van der Waals surface area contributed by atoms with Gasteiger partial charge in [0.15, 0.2) is 0 Å². The van der Waals surface area contributed by atoms with Gasteiger partial charge in [-0.2, -0.15) is 0 Å². The number of hydrogen-bond acceptors (Lipinski definition) is 2. The average Bonchev–Trinajstić information content (AvgIpc) is 2.75. The van der Waals surface area contributed by atoms with Crippen LogP contribution in [0, 0.1) is 0 Å². The molecule has 15 heavy (non-hydrogen) atoms. The fourth-order valence-corrected chi connectivity index (χ4v) is 2.15. The largest absolute Gasteiger partial charge is 0.365 e. The van der Waals surface area contributed by atoms with Gasteiger partial charge in [0.2, 0.25) is 0 Å². The van der Waals surface area contributed by atoms with Crippen LogP contribution in [-0.4, -0.2) is 19.4 Å². The molecule has 2 nitrogen and oxygen atoms in total. The second kappa shape index (κ2) is 9.17. The Morgan fingerprint density at radius 3 is 2.27 bits per heavy atom. The Morgan fingerprint density at radius 1 is 1.00 bits per heavy atom. The minimum absolute atomic E-state index is 0.644. The molecule has 90 valence electrons. The molecule has 1 atom stereocenters. The van der Waals surface area contributed by atoms with Gasteiger partial charge in [0, 0.05) is 6.04 Å². The van der Waals surface area contributed by atoms with Crippen LogP contribution in [0.5, 0.6) is 0 Å². The maximum absolute atomic E-state index is 5.27. The molecule has 0 aliphatic carbocycles. The van der Waals surface area contributed by atoms with E-state index in [0.717, 1.165) is 13.3 Å². The summed E-state index contributed by atoms with van der Waals surface area (Å²) in [6.45, 7) is 3.97. The Kier molecular flexibility index (Phi) is 7.94. The van der Waals surface area contributed by atoms with E-state index in [9.17, 15) is 0 Å². The fourth-order valence-electron chi connectivity index (χ4n) is 2.15. The van der Waals surface area contributed by atoms with Gasteiger partial charge in [-0.15, -0.1) is 0 Å². The summed E-state index contributed by atoms with van der Waals surface area (Å²) in [7, 11) is 0. The lowest BCUT2D eigenvalue weighted by Gasteiger charge is -2.07. The molecule has 1 aliphatic heterocycles. The highest BCUT2D eigenvalue weighted by molar-refractivity contribution is 4.68. The van der Waals surface area contributed by atoms with Crippen molar-refractivity contribution in [3.8, 4) is 0 Å². The van der Waals surface area contributed by atoms with Gasteiger partial charge < -0.3 is 4.74 Å². The molecule has 0 aromatic rings. The lowest BCUT2D eigenvalue weighted by atomic mass is 10.1. The fraction of sp³-hybridized carbons (Fsp3) is 1.00. The van der Waals surface area contributed by atoms with Crippen molar-refractivity contribution in [2.45, 2.75) is 70.8 Å². The molecule has 0 aromatic heterocycles. The first-order chi connectivity index (χ1) is 7.43. The molecule has 1 aliphatic rings. The molecule has 1 fully saturated rings. The van der Waals surface area contributed by atoms with Crippen LogP contribution in [-0.2, 0) is 4.74 Å². The molecule has 1 saturated heterocycles. The lowest BCUT2D eigenvalue weighted by Crippen LogP contribution is -2.23. The summed E-state index contributed by atoms with van der Waals surface area (Å²) in [5.74, 6) is 0. The Morgan fingerprint density at radius 2 is 1.67 bits per heavy atom. The summed E-state index contributed by atoms with van der Waals surface area (Å²) in [6.07, 6.45) is 12.6. The Bertz CT molecular complexity index is 132. The van der Waals surface area contributed by atoms with Crippen LogP contribution >= 0.6 is 0 Å².